The van der Waals surface area contributed by atoms with Gasteiger partial charge in [-0.15, -0.1) is 11.3 Å². The maximum absolute atomic E-state index is 13.0. The molecule has 1 atom stereocenters. The third-order valence-corrected chi connectivity index (χ3v) is 7.52. The number of nitrogens with zero attached hydrogens (tertiary/aromatic N) is 4. The predicted octanol–water partition coefficient (Wildman–Crippen LogP) is 5.56. The van der Waals surface area contributed by atoms with Crippen LogP contribution in [0.1, 0.15) is 12.6 Å². The second kappa shape index (κ2) is 7.75. The van der Waals surface area contributed by atoms with E-state index in [1.807, 2.05) is 0 Å². The summed E-state index contributed by atoms with van der Waals surface area (Å²) in [5.74, 6) is 0.707. The Morgan fingerprint density at radius 3 is 2.53 bits per heavy atom. The molecule has 0 radical (unpaired) electrons. The fraction of sp³-hybridized carbons (Fsp3) is 0.211. The van der Waals surface area contributed by atoms with Crippen molar-refractivity contribution in [3.8, 4) is 22.1 Å². The number of benzene rings is 1. The van der Waals surface area contributed by atoms with E-state index in [2.05, 4.69) is 15.0 Å². The Kier molecular flexibility index (Phi) is 5.41. The number of hydrogen-bond donors (Lipinski definition) is 0. The summed E-state index contributed by atoms with van der Waals surface area (Å²) in [4.78, 5) is 12.5. The second-order valence-electron chi connectivity index (χ2n) is 6.35. The predicted molar refractivity (Wildman–Crippen MR) is 112 cm³/mol. The second-order valence-corrected chi connectivity index (χ2v) is 9.72. The van der Waals surface area contributed by atoms with Crippen molar-refractivity contribution in [1.82, 2.24) is 19.5 Å². The molecule has 0 amide bonds. The van der Waals surface area contributed by atoms with Gasteiger partial charge < -0.3 is 4.57 Å². The zero-order valence-electron chi connectivity index (χ0n) is 15.7. The highest BCUT2D eigenvalue weighted by molar-refractivity contribution is 7.87. The molecular weight excluding hydrogens is 457 g/mol. The molecule has 11 heteroatoms. The summed E-state index contributed by atoms with van der Waals surface area (Å²) < 4.78 is 53.9. The number of thiazole rings is 1. The first-order chi connectivity index (χ1) is 14.2. The molecule has 5 nitrogen and oxygen atoms in total. The van der Waals surface area contributed by atoms with Gasteiger partial charge in [0, 0.05) is 23.4 Å². The lowest BCUT2D eigenvalue weighted by Crippen LogP contribution is -2.07. The minimum atomic E-state index is -4.57. The van der Waals surface area contributed by atoms with Crippen molar-refractivity contribution in [2.45, 2.75) is 17.3 Å². The number of imidazole rings is 1. The first-order valence-corrected chi connectivity index (χ1v) is 11.3. The van der Waals surface area contributed by atoms with Gasteiger partial charge in [-0.2, -0.15) is 13.2 Å². The van der Waals surface area contributed by atoms with Crippen molar-refractivity contribution in [1.29, 1.82) is 0 Å². The van der Waals surface area contributed by atoms with E-state index in [-0.39, 0.29) is 5.52 Å². The van der Waals surface area contributed by atoms with Gasteiger partial charge in [-0.25, -0.2) is 15.0 Å². The van der Waals surface area contributed by atoms with Crippen LogP contribution in [0.4, 0.5) is 13.2 Å². The van der Waals surface area contributed by atoms with Crippen LogP contribution >= 0.6 is 22.9 Å². The van der Waals surface area contributed by atoms with E-state index in [9.17, 15) is 17.4 Å². The van der Waals surface area contributed by atoms with Crippen LogP contribution in [0.5, 0.6) is 0 Å². The number of alkyl halides is 3. The van der Waals surface area contributed by atoms with Gasteiger partial charge in [0.2, 0.25) is 0 Å². The van der Waals surface area contributed by atoms with Crippen molar-refractivity contribution in [3.63, 3.8) is 0 Å². The monoisotopic (exact) mass is 470 g/mol. The highest BCUT2D eigenvalue weighted by Gasteiger charge is 2.33. The van der Waals surface area contributed by atoms with Crippen LogP contribution in [0.15, 0.2) is 40.7 Å². The highest BCUT2D eigenvalue weighted by atomic mass is 35.5. The molecule has 3 aromatic heterocycles. The number of aryl methyl sites for hydroxylation is 1. The van der Waals surface area contributed by atoms with Gasteiger partial charge in [-0.05, 0) is 18.2 Å². The van der Waals surface area contributed by atoms with E-state index in [1.54, 1.807) is 42.8 Å². The van der Waals surface area contributed by atoms with Gasteiger partial charge in [0.25, 0.3) is 0 Å². The van der Waals surface area contributed by atoms with Crippen molar-refractivity contribution < 1.29 is 17.4 Å². The molecule has 0 aliphatic rings. The molecule has 1 aromatic carbocycles. The molecule has 0 fully saturated rings. The van der Waals surface area contributed by atoms with Gasteiger partial charge in [-0.3, -0.25) is 4.21 Å². The lowest BCUT2D eigenvalue weighted by atomic mass is 10.2. The summed E-state index contributed by atoms with van der Waals surface area (Å²) >= 11 is 7.22. The maximum Gasteiger partial charge on any atom is 0.433 e. The molecule has 0 saturated carbocycles. The Bertz CT molecular complexity index is 1270. The fourth-order valence-corrected chi connectivity index (χ4v) is 5.41. The molecule has 156 valence electrons. The molecule has 4 rings (SSSR count). The average molecular weight is 471 g/mol. The van der Waals surface area contributed by atoms with Crippen LogP contribution in [0.2, 0.25) is 5.02 Å². The smallest absolute Gasteiger partial charge is 0.324 e. The molecule has 0 spiro atoms. The first kappa shape index (κ1) is 21.0. The number of aromatic nitrogens is 4. The average Bonchev–Trinajstić information content (AvgIpc) is 3.28. The minimum absolute atomic E-state index is 0.143. The molecule has 0 N–H and O–H groups in total. The summed E-state index contributed by atoms with van der Waals surface area (Å²) in [6.45, 7) is 1.79. The van der Waals surface area contributed by atoms with Gasteiger partial charge in [-0.1, -0.05) is 30.7 Å². The van der Waals surface area contributed by atoms with E-state index < -0.39 is 22.7 Å². The first-order valence-electron chi connectivity index (χ1n) is 8.74. The number of fused-ring (bicyclic) bond motifs is 1. The Morgan fingerprint density at radius 2 is 1.90 bits per heavy atom. The zero-order chi connectivity index (χ0) is 21.6. The van der Waals surface area contributed by atoms with Crippen molar-refractivity contribution in [2.24, 2.45) is 7.05 Å². The van der Waals surface area contributed by atoms with Crippen molar-refractivity contribution >= 4 is 44.8 Å². The Hall–Kier alpha value is -2.30. The van der Waals surface area contributed by atoms with Gasteiger partial charge in [0.1, 0.15) is 20.6 Å². The lowest BCUT2D eigenvalue weighted by molar-refractivity contribution is -0.141. The van der Waals surface area contributed by atoms with Gasteiger partial charge >= 0.3 is 6.18 Å². The van der Waals surface area contributed by atoms with Crippen molar-refractivity contribution in [3.05, 3.63) is 47.2 Å². The number of halogens is 4. The van der Waals surface area contributed by atoms with Crippen LogP contribution < -0.4 is 0 Å². The molecule has 1 unspecified atom stereocenters. The van der Waals surface area contributed by atoms with E-state index >= 15 is 0 Å². The zero-order valence-corrected chi connectivity index (χ0v) is 18.1. The van der Waals surface area contributed by atoms with E-state index in [1.165, 1.54) is 11.3 Å². The third-order valence-electron chi connectivity index (χ3n) is 4.43. The van der Waals surface area contributed by atoms with Gasteiger partial charge in [0.05, 0.1) is 28.0 Å². The summed E-state index contributed by atoms with van der Waals surface area (Å²) in [5.41, 5.74) is 0.732. The maximum atomic E-state index is 13.0. The van der Waals surface area contributed by atoms with Crippen LogP contribution in [0.3, 0.4) is 0 Å². The Morgan fingerprint density at radius 1 is 1.20 bits per heavy atom. The van der Waals surface area contributed by atoms with E-state index in [0.29, 0.717) is 37.0 Å². The standard InChI is InChI=1S/C19H14ClF3N4OS2/c1-3-30(28)18-15(26-17(29-18)10-4-6-11(20)7-5-10)16-25-12-8-14(19(21,22)23)24-9-13(12)27(16)2/h4-9H,3H2,1-2H3. The van der Waals surface area contributed by atoms with Crippen LogP contribution in [-0.2, 0) is 24.0 Å². The topological polar surface area (TPSA) is 60.7 Å². The van der Waals surface area contributed by atoms with E-state index in [4.69, 9.17) is 11.6 Å². The molecule has 4 aromatic rings. The number of hydrogen-bond acceptors (Lipinski definition) is 5. The summed E-state index contributed by atoms with van der Waals surface area (Å²) in [6.07, 6.45) is -3.43. The molecule has 0 aliphatic carbocycles. The summed E-state index contributed by atoms with van der Waals surface area (Å²) in [6, 6.07) is 7.97. The van der Waals surface area contributed by atoms with Crippen LogP contribution in [-0.4, -0.2) is 29.5 Å². The molecular formula is C19H14ClF3N4OS2. The largest absolute Gasteiger partial charge is 0.433 e. The molecule has 3 heterocycles. The van der Waals surface area contributed by atoms with Gasteiger partial charge in [0.15, 0.2) is 5.82 Å². The Labute approximate surface area is 181 Å². The SMILES string of the molecule is CCS(=O)c1sc(-c2ccc(Cl)cc2)nc1-c1nc2cc(C(F)(F)F)ncc2n1C. The van der Waals surface area contributed by atoms with Crippen molar-refractivity contribution in [2.75, 3.05) is 5.75 Å². The quantitative estimate of drug-likeness (QED) is 0.392. The fourth-order valence-electron chi connectivity index (χ4n) is 2.90. The third kappa shape index (κ3) is 3.75. The molecule has 0 aliphatic heterocycles. The highest BCUT2D eigenvalue weighted by Crippen LogP contribution is 2.37. The lowest BCUT2D eigenvalue weighted by Gasteiger charge is -2.04. The van der Waals surface area contributed by atoms with Crippen LogP contribution in [0.25, 0.3) is 33.1 Å². The molecule has 0 bridgehead atoms. The van der Waals surface area contributed by atoms with E-state index in [0.717, 1.165) is 17.8 Å². The molecule has 30 heavy (non-hydrogen) atoms. The normalized spacial score (nSPS) is 13.1. The number of pyridine rings is 1. The summed E-state index contributed by atoms with van der Waals surface area (Å²) in [5, 5.41) is 1.20. The Balaban J connectivity index is 1.90. The molecule has 0 saturated heterocycles. The minimum Gasteiger partial charge on any atom is -0.324 e. The number of rotatable bonds is 4. The van der Waals surface area contributed by atoms with Crippen LogP contribution in [0, 0.1) is 0 Å². The summed E-state index contributed by atoms with van der Waals surface area (Å²) in [7, 11) is 0.339.